The van der Waals surface area contributed by atoms with Crippen LogP contribution in [0.3, 0.4) is 0 Å². The van der Waals surface area contributed by atoms with E-state index in [0.717, 1.165) is 38.2 Å². The maximum Gasteiger partial charge on any atom is 0.346 e. The minimum atomic E-state index is -0.414. The van der Waals surface area contributed by atoms with E-state index in [9.17, 15) is 4.79 Å². The molecule has 0 amide bonds. The van der Waals surface area contributed by atoms with E-state index in [0.29, 0.717) is 16.2 Å². The molecule has 0 saturated carbocycles. The Morgan fingerprint density at radius 1 is 0.906 bits per heavy atom. The molecule has 0 bridgehead atoms. The van der Waals surface area contributed by atoms with Crippen molar-refractivity contribution in [3.63, 3.8) is 0 Å². The molecule has 3 heterocycles. The van der Waals surface area contributed by atoms with Crippen molar-refractivity contribution in [1.82, 2.24) is 20.0 Å². The summed E-state index contributed by atoms with van der Waals surface area (Å²) in [6, 6.07) is 25.2. The highest BCUT2D eigenvalue weighted by Crippen LogP contribution is 2.30. The summed E-state index contributed by atoms with van der Waals surface area (Å²) in [7, 11) is 0. The number of rotatable bonds is 3. The van der Waals surface area contributed by atoms with Crippen molar-refractivity contribution in [2.45, 2.75) is 6.92 Å². The van der Waals surface area contributed by atoms with Gasteiger partial charge >= 0.3 is 5.63 Å². The Hall–Kier alpha value is -4.10. The van der Waals surface area contributed by atoms with Gasteiger partial charge in [-0.2, -0.15) is 9.90 Å². The highest BCUT2D eigenvalue weighted by molar-refractivity contribution is 7.21. The first-order chi connectivity index (χ1) is 15.7. The van der Waals surface area contributed by atoms with Gasteiger partial charge in [-0.25, -0.2) is 9.78 Å². The van der Waals surface area contributed by atoms with Gasteiger partial charge < -0.3 is 4.42 Å². The number of para-hydroxylation sites is 1. The Morgan fingerprint density at radius 2 is 1.72 bits per heavy atom. The second kappa shape index (κ2) is 7.25. The fraction of sp³-hybridized carbons (Fsp3) is 0.0400. The molecule has 0 spiro atoms. The van der Waals surface area contributed by atoms with E-state index in [1.165, 1.54) is 11.3 Å². The minimum absolute atomic E-state index is 0.414. The molecule has 7 heteroatoms. The topological polar surface area (TPSA) is 73.8 Å². The van der Waals surface area contributed by atoms with E-state index in [1.54, 1.807) is 10.9 Å². The van der Waals surface area contributed by atoms with Gasteiger partial charge in [-0.05, 0) is 37.3 Å². The summed E-state index contributed by atoms with van der Waals surface area (Å²) in [6.45, 7) is 1.93. The highest BCUT2D eigenvalue weighted by Gasteiger charge is 2.15. The van der Waals surface area contributed by atoms with Gasteiger partial charge in [0.25, 0.3) is 0 Å². The lowest BCUT2D eigenvalue weighted by molar-refractivity contribution is 0.562. The predicted molar refractivity (Wildman–Crippen MR) is 126 cm³/mol. The molecule has 0 atom stereocenters. The third-order valence-electron chi connectivity index (χ3n) is 5.30. The molecular formula is C25H16N4O2S. The molecule has 154 valence electrons. The summed E-state index contributed by atoms with van der Waals surface area (Å²) >= 11 is 1.48. The zero-order chi connectivity index (χ0) is 21.7. The molecule has 0 N–H and O–H groups in total. The highest BCUT2D eigenvalue weighted by atomic mass is 32.1. The van der Waals surface area contributed by atoms with Crippen LogP contribution >= 0.6 is 11.3 Å². The molecule has 3 aromatic heterocycles. The molecule has 0 aliphatic heterocycles. The molecule has 0 aliphatic carbocycles. The molecule has 6 rings (SSSR count). The van der Waals surface area contributed by atoms with Gasteiger partial charge in [0.1, 0.15) is 16.3 Å². The van der Waals surface area contributed by atoms with E-state index >= 15 is 0 Å². The van der Waals surface area contributed by atoms with Crippen LogP contribution in [0.2, 0.25) is 0 Å². The van der Waals surface area contributed by atoms with Crippen molar-refractivity contribution >= 4 is 32.5 Å². The van der Waals surface area contributed by atoms with Crippen molar-refractivity contribution < 1.29 is 4.42 Å². The smallest absolute Gasteiger partial charge is 0.346 e. The van der Waals surface area contributed by atoms with Crippen LogP contribution in [0.4, 0.5) is 0 Å². The standard InChI is InChI=1S/C25H16N4O2S/c1-15-23(16-7-3-2-4-8-16)28-29(27-15)18-12-11-17-13-19(25(30)31-21(17)14-18)24-26-20-9-5-6-10-22(20)32-24/h2-14H,1H3. The number of hydrogen-bond acceptors (Lipinski definition) is 6. The molecule has 0 radical (unpaired) electrons. The molecular weight excluding hydrogens is 420 g/mol. The van der Waals surface area contributed by atoms with Crippen LogP contribution in [0.15, 0.2) is 88.1 Å². The third kappa shape index (κ3) is 3.11. The Kier molecular flexibility index (Phi) is 4.22. The lowest BCUT2D eigenvalue weighted by Crippen LogP contribution is -2.04. The molecule has 3 aromatic carbocycles. The van der Waals surface area contributed by atoms with Gasteiger partial charge in [-0.1, -0.05) is 42.5 Å². The van der Waals surface area contributed by atoms with Crippen molar-refractivity contribution in [1.29, 1.82) is 0 Å². The van der Waals surface area contributed by atoms with Crippen LogP contribution in [0.1, 0.15) is 5.69 Å². The molecule has 0 fully saturated rings. The predicted octanol–water partition coefficient (Wildman–Crippen LogP) is 5.63. The molecule has 0 unspecified atom stereocenters. The second-order valence-corrected chi connectivity index (χ2v) is 8.48. The lowest BCUT2D eigenvalue weighted by Gasteiger charge is -2.03. The monoisotopic (exact) mass is 436 g/mol. The van der Waals surface area contributed by atoms with E-state index < -0.39 is 5.63 Å². The van der Waals surface area contributed by atoms with Crippen LogP contribution in [-0.2, 0) is 0 Å². The number of benzene rings is 3. The SMILES string of the molecule is Cc1nn(-c2ccc3cc(-c4nc5ccccc5s4)c(=O)oc3c2)nc1-c1ccccc1. The van der Waals surface area contributed by atoms with E-state index in [1.807, 2.05) is 79.7 Å². The summed E-state index contributed by atoms with van der Waals surface area (Å²) in [5.41, 5.74) is 4.77. The first-order valence-electron chi connectivity index (χ1n) is 10.1. The molecule has 0 saturated heterocycles. The summed E-state index contributed by atoms with van der Waals surface area (Å²) < 4.78 is 6.70. The van der Waals surface area contributed by atoms with Gasteiger partial charge in [0.2, 0.25) is 0 Å². The maximum absolute atomic E-state index is 12.8. The average Bonchev–Trinajstić information content (AvgIpc) is 3.42. The molecule has 6 nitrogen and oxygen atoms in total. The average molecular weight is 436 g/mol. The zero-order valence-corrected chi connectivity index (χ0v) is 17.8. The van der Waals surface area contributed by atoms with Gasteiger partial charge in [0.05, 0.1) is 27.2 Å². The largest absolute Gasteiger partial charge is 0.422 e. The van der Waals surface area contributed by atoms with E-state index in [4.69, 9.17) is 4.42 Å². The van der Waals surface area contributed by atoms with Crippen LogP contribution < -0.4 is 5.63 Å². The van der Waals surface area contributed by atoms with Crippen molar-refractivity contribution in [2.24, 2.45) is 0 Å². The Balaban J connectivity index is 1.42. The van der Waals surface area contributed by atoms with Crippen LogP contribution in [0, 0.1) is 6.92 Å². The molecule has 6 aromatic rings. The minimum Gasteiger partial charge on any atom is -0.422 e. The summed E-state index contributed by atoms with van der Waals surface area (Å²) in [5.74, 6) is 0. The van der Waals surface area contributed by atoms with E-state index in [-0.39, 0.29) is 0 Å². The quantitative estimate of drug-likeness (QED) is 0.336. The normalized spacial score (nSPS) is 11.4. The summed E-state index contributed by atoms with van der Waals surface area (Å²) in [4.78, 5) is 18.9. The number of fused-ring (bicyclic) bond motifs is 2. The van der Waals surface area contributed by atoms with Crippen molar-refractivity contribution in [2.75, 3.05) is 0 Å². The Bertz CT molecular complexity index is 1630. The van der Waals surface area contributed by atoms with Gasteiger partial charge in [0.15, 0.2) is 0 Å². The second-order valence-electron chi connectivity index (χ2n) is 7.45. The Labute approximate surface area is 186 Å². The number of aromatic nitrogens is 4. The third-order valence-corrected chi connectivity index (χ3v) is 6.37. The Morgan fingerprint density at radius 3 is 2.56 bits per heavy atom. The number of hydrogen-bond donors (Lipinski definition) is 0. The molecule has 0 aliphatic rings. The fourth-order valence-electron chi connectivity index (χ4n) is 3.72. The zero-order valence-electron chi connectivity index (χ0n) is 17.0. The van der Waals surface area contributed by atoms with Crippen LogP contribution in [0.25, 0.3) is 48.7 Å². The van der Waals surface area contributed by atoms with E-state index in [2.05, 4.69) is 15.2 Å². The van der Waals surface area contributed by atoms with Gasteiger partial charge in [0, 0.05) is 17.0 Å². The number of aryl methyl sites for hydroxylation is 1. The number of thiazole rings is 1. The number of nitrogens with zero attached hydrogens (tertiary/aromatic N) is 4. The first kappa shape index (κ1) is 18.7. The van der Waals surface area contributed by atoms with Crippen molar-refractivity contribution in [3.8, 4) is 27.5 Å². The first-order valence-corrected chi connectivity index (χ1v) is 10.9. The summed E-state index contributed by atoms with van der Waals surface area (Å²) in [6.07, 6.45) is 0. The lowest BCUT2D eigenvalue weighted by atomic mass is 10.1. The van der Waals surface area contributed by atoms with Crippen LogP contribution in [0.5, 0.6) is 0 Å². The molecule has 32 heavy (non-hydrogen) atoms. The fourth-order valence-corrected chi connectivity index (χ4v) is 4.69. The summed E-state index contributed by atoms with van der Waals surface area (Å²) in [5, 5.41) is 10.7. The van der Waals surface area contributed by atoms with Crippen molar-refractivity contribution in [3.05, 3.63) is 95.0 Å². The van der Waals surface area contributed by atoms with Gasteiger partial charge in [-0.3, -0.25) is 0 Å². The van der Waals surface area contributed by atoms with Crippen LogP contribution in [-0.4, -0.2) is 20.0 Å². The maximum atomic E-state index is 12.8. The van der Waals surface area contributed by atoms with Gasteiger partial charge in [-0.15, -0.1) is 16.4 Å².